The number of hydrogen-bond acceptors (Lipinski definition) is 2. The van der Waals surface area contributed by atoms with E-state index in [0.29, 0.717) is 0 Å². The molecular weight excluding hydrogens is 198 g/mol. The lowest BCUT2D eigenvalue weighted by atomic mass is 9.99. The summed E-state index contributed by atoms with van der Waals surface area (Å²) in [6, 6.07) is 8.61. The van der Waals surface area contributed by atoms with Crippen molar-refractivity contribution < 1.29 is 4.79 Å². The zero-order valence-electron chi connectivity index (χ0n) is 9.86. The van der Waals surface area contributed by atoms with Crippen LogP contribution in [0.15, 0.2) is 24.3 Å². The molecule has 1 saturated heterocycles. The van der Waals surface area contributed by atoms with Gasteiger partial charge in [0, 0.05) is 19.0 Å². The SMILES string of the molecule is Cc1cccc(CN2CCCC(C=O)C2)c1. The Balaban J connectivity index is 1.96. The lowest BCUT2D eigenvalue weighted by molar-refractivity contribution is -0.112. The van der Waals surface area contributed by atoms with E-state index < -0.39 is 0 Å². The highest BCUT2D eigenvalue weighted by molar-refractivity contribution is 5.53. The van der Waals surface area contributed by atoms with Crippen molar-refractivity contribution in [3.8, 4) is 0 Å². The fourth-order valence-corrected chi connectivity index (χ4v) is 2.41. The van der Waals surface area contributed by atoms with Gasteiger partial charge in [0.25, 0.3) is 0 Å². The lowest BCUT2D eigenvalue weighted by Gasteiger charge is -2.30. The van der Waals surface area contributed by atoms with Crippen molar-refractivity contribution in [2.45, 2.75) is 26.3 Å². The van der Waals surface area contributed by atoms with E-state index in [1.54, 1.807) is 0 Å². The van der Waals surface area contributed by atoms with E-state index in [0.717, 1.165) is 38.8 Å². The predicted molar refractivity (Wildman–Crippen MR) is 65.2 cm³/mol. The molecule has 1 aromatic carbocycles. The van der Waals surface area contributed by atoms with E-state index in [2.05, 4.69) is 36.1 Å². The summed E-state index contributed by atoms with van der Waals surface area (Å²) in [6.07, 6.45) is 3.32. The van der Waals surface area contributed by atoms with Gasteiger partial charge in [-0.05, 0) is 31.9 Å². The minimum Gasteiger partial charge on any atom is -0.303 e. The topological polar surface area (TPSA) is 20.3 Å². The van der Waals surface area contributed by atoms with Gasteiger partial charge >= 0.3 is 0 Å². The second kappa shape index (κ2) is 5.26. The van der Waals surface area contributed by atoms with E-state index in [1.165, 1.54) is 11.1 Å². The van der Waals surface area contributed by atoms with Crippen LogP contribution in [0.5, 0.6) is 0 Å². The van der Waals surface area contributed by atoms with Crippen molar-refractivity contribution in [3.05, 3.63) is 35.4 Å². The van der Waals surface area contributed by atoms with Crippen LogP contribution in [0.2, 0.25) is 0 Å². The van der Waals surface area contributed by atoms with E-state index in [1.807, 2.05) is 0 Å². The standard InChI is InChI=1S/C14H19NO/c1-12-4-2-5-13(8-12)9-15-7-3-6-14(10-15)11-16/h2,4-5,8,11,14H,3,6-7,9-10H2,1H3. The summed E-state index contributed by atoms with van der Waals surface area (Å²) in [6.45, 7) is 5.15. The van der Waals surface area contributed by atoms with E-state index in [-0.39, 0.29) is 5.92 Å². The molecule has 0 bridgehead atoms. The molecule has 1 heterocycles. The van der Waals surface area contributed by atoms with E-state index in [4.69, 9.17) is 0 Å². The minimum atomic E-state index is 0.249. The van der Waals surface area contributed by atoms with Gasteiger partial charge in [0.1, 0.15) is 6.29 Å². The molecule has 0 radical (unpaired) electrons. The zero-order chi connectivity index (χ0) is 11.4. The molecule has 0 aromatic heterocycles. The molecule has 16 heavy (non-hydrogen) atoms. The highest BCUT2D eigenvalue weighted by atomic mass is 16.1. The monoisotopic (exact) mass is 217 g/mol. The first-order valence-electron chi connectivity index (χ1n) is 6.01. The maximum atomic E-state index is 10.8. The highest BCUT2D eigenvalue weighted by Gasteiger charge is 2.18. The number of rotatable bonds is 3. The van der Waals surface area contributed by atoms with Crippen LogP contribution in [0.4, 0.5) is 0 Å². The lowest BCUT2D eigenvalue weighted by Crippen LogP contribution is -2.35. The van der Waals surface area contributed by atoms with Crippen LogP contribution in [-0.4, -0.2) is 24.3 Å². The number of carbonyl (C=O) groups is 1. The average molecular weight is 217 g/mol. The van der Waals surface area contributed by atoms with Crippen molar-refractivity contribution in [3.63, 3.8) is 0 Å². The maximum Gasteiger partial charge on any atom is 0.124 e. The summed E-state index contributed by atoms with van der Waals surface area (Å²) < 4.78 is 0. The first kappa shape index (κ1) is 11.3. The summed E-state index contributed by atoms with van der Waals surface area (Å²) >= 11 is 0. The number of hydrogen-bond donors (Lipinski definition) is 0. The molecule has 0 saturated carbocycles. The van der Waals surface area contributed by atoms with Crippen LogP contribution in [0.3, 0.4) is 0 Å². The molecule has 0 aliphatic carbocycles. The van der Waals surface area contributed by atoms with Gasteiger partial charge in [-0.15, -0.1) is 0 Å². The van der Waals surface area contributed by atoms with Crippen molar-refractivity contribution in [2.75, 3.05) is 13.1 Å². The van der Waals surface area contributed by atoms with Crippen LogP contribution in [-0.2, 0) is 11.3 Å². The van der Waals surface area contributed by atoms with Gasteiger partial charge in [-0.2, -0.15) is 0 Å². The molecule has 2 heteroatoms. The first-order valence-corrected chi connectivity index (χ1v) is 6.01. The highest BCUT2D eigenvalue weighted by Crippen LogP contribution is 2.17. The summed E-state index contributed by atoms with van der Waals surface area (Å²) in [4.78, 5) is 13.2. The third-order valence-corrected chi connectivity index (χ3v) is 3.22. The molecule has 2 rings (SSSR count). The molecule has 1 fully saturated rings. The van der Waals surface area contributed by atoms with Crippen LogP contribution >= 0.6 is 0 Å². The molecule has 86 valence electrons. The van der Waals surface area contributed by atoms with Gasteiger partial charge in [-0.3, -0.25) is 4.90 Å². The number of benzene rings is 1. The molecule has 0 spiro atoms. The number of carbonyl (C=O) groups excluding carboxylic acids is 1. The fraction of sp³-hybridized carbons (Fsp3) is 0.500. The molecule has 1 aliphatic rings. The number of piperidine rings is 1. The first-order chi connectivity index (χ1) is 7.78. The number of aryl methyl sites for hydroxylation is 1. The Kier molecular flexibility index (Phi) is 3.73. The van der Waals surface area contributed by atoms with Crippen molar-refractivity contribution >= 4 is 6.29 Å². The normalized spacial score (nSPS) is 21.9. The Morgan fingerprint density at radius 1 is 1.50 bits per heavy atom. The molecule has 1 unspecified atom stereocenters. The van der Waals surface area contributed by atoms with Gasteiger partial charge in [0.05, 0.1) is 0 Å². The van der Waals surface area contributed by atoms with Crippen molar-refractivity contribution in [1.82, 2.24) is 4.90 Å². The third-order valence-electron chi connectivity index (χ3n) is 3.22. The summed E-state index contributed by atoms with van der Waals surface area (Å²) in [7, 11) is 0. The summed E-state index contributed by atoms with van der Waals surface area (Å²) in [5.41, 5.74) is 2.66. The second-order valence-corrected chi connectivity index (χ2v) is 4.76. The fourth-order valence-electron chi connectivity index (χ4n) is 2.41. The number of nitrogens with zero attached hydrogens (tertiary/aromatic N) is 1. The zero-order valence-corrected chi connectivity index (χ0v) is 9.86. The number of likely N-dealkylation sites (tertiary alicyclic amines) is 1. The smallest absolute Gasteiger partial charge is 0.124 e. The second-order valence-electron chi connectivity index (χ2n) is 4.76. The summed E-state index contributed by atoms with van der Waals surface area (Å²) in [5, 5.41) is 0. The number of aldehydes is 1. The van der Waals surface area contributed by atoms with Gasteiger partial charge in [-0.25, -0.2) is 0 Å². The predicted octanol–water partition coefficient (Wildman–Crippen LogP) is 2.41. The summed E-state index contributed by atoms with van der Waals surface area (Å²) in [5.74, 6) is 0.249. The van der Waals surface area contributed by atoms with Crippen LogP contribution < -0.4 is 0 Å². The molecule has 2 nitrogen and oxygen atoms in total. The van der Waals surface area contributed by atoms with E-state index in [9.17, 15) is 4.79 Å². The Hall–Kier alpha value is -1.15. The molecular formula is C14H19NO. The molecule has 1 atom stereocenters. The largest absolute Gasteiger partial charge is 0.303 e. The molecule has 1 aliphatic heterocycles. The maximum absolute atomic E-state index is 10.8. The van der Waals surface area contributed by atoms with Crippen LogP contribution in [0.25, 0.3) is 0 Å². The van der Waals surface area contributed by atoms with Gasteiger partial charge < -0.3 is 4.79 Å². The minimum absolute atomic E-state index is 0.249. The van der Waals surface area contributed by atoms with Crippen molar-refractivity contribution in [1.29, 1.82) is 0 Å². The van der Waals surface area contributed by atoms with E-state index >= 15 is 0 Å². The van der Waals surface area contributed by atoms with Crippen molar-refractivity contribution in [2.24, 2.45) is 5.92 Å². The molecule has 0 amide bonds. The van der Waals surface area contributed by atoms with Gasteiger partial charge in [-0.1, -0.05) is 29.8 Å². The molecule has 0 N–H and O–H groups in total. The Morgan fingerprint density at radius 2 is 2.38 bits per heavy atom. The van der Waals surface area contributed by atoms with Gasteiger partial charge in [0.15, 0.2) is 0 Å². The Bertz CT molecular complexity index is 362. The third kappa shape index (κ3) is 2.92. The van der Waals surface area contributed by atoms with Gasteiger partial charge in [0.2, 0.25) is 0 Å². The average Bonchev–Trinajstić information content (AvgIpc) is 2.29. The Labute approximate surface area is 97.3 Å². The molecule has 1 aromatic rings. The quantitative estimate of drug-likeness (QED) is 0.725. The van der Waals surface area contributed by atoms with Crippen LogP contribution in [0.1, 0.15) is 24.0 Å². The Morgan fingerprint density at radius 3 is 3.12 bits per heavy atom. The van der Waals surface area contributed by atoms with Crippen LogP contribution in [0, 0.1) is 12.8 Å².